The summed E-state index contributed by atoms with van der Waals surface area (Å²) in [5.74, 6) is -2.37. The van der Waals surface area contributed by atoms with Gasteiger partial charge in [-0.25, -0.2) is 0 Å². The molecule has 0 atom stereocenters. The van der Waals surface area contributed by atoms with Gasteiger partial charge >= 0.3 is 35.5 Å². The van der Waals surface area contributed by atoms with Crippen LogP contribution >= 0.6 is 11.6 Å². The molecule has 0 saturated heterocycles. The van der Waals surface area contributed by atoms with Crippen molar-refractivity contribution in [3.8, 4) is 0 Å². The first-order valence-corrected chi connectivity index (χ1v) is 2.49. The van der Waals surface area contributed by atoms with E-state index in [1.807, 2.05) is 0 Å². The molecule has 10 heavy (non-hydrogen) atoms. The summed E-state index contributed by atoms with van der Waals surface area (Å²) in [6, 6.07) is 0. The molecule has 0 aliphatic carbocycles. The molecule has 6 heteroatoms. The van der Waals surface area contributed by atoms with Gasteiger partial charge in [0.25, 0.3) is 0 Å². The van der Waals surface area contributed by atoms with E-state index in [1.165, 1.54) is 0 Å². The first-order chi connectivity index (χ1) is 4.00. The van der Waals surface area contributed by atoms with Crippen LogP contribution in [0.1, 0.15) is 6.92 Å². The van der Waals surface area contributed by atoms with Crippen molar-refractivity contribution in [1.82, 2.24) is 0 Å². The maximum Gasteiger partial charge on any atom is 1.00 e. The summed E-state index contributed by atoms with van der Waals surface area (Å²) in [6.45, 7) is 0.972. The maximum atomic E-state index is 9.24. The second-order valence-electron chi connectivity index (χ2n) is 1.02. The van der Waals surface area contributed by atoms with Crippen LogP contribution in [0.15, 0.2) is 0 Å². The van der Waals surface area contributed by atoms with Crippen molar-refractivity contribution in [3.63, 3.8) is 0 Å². The Kier molecular flexibility index (Phi) is 19.9. The molecule has 0 saturated carbocycles. The monoisotopic (exact) mass is 176 g/mol. The maximum absolute atomic E-state index is 9.24. The Labute approximate surface area is 85.5 Å². The Bertz CT molecular complexity index is 101. The second-order valence-corrected chi connectivity index (χ2v) is 1.29. The van der Waals surface area contributed by atoms with Crippen molar-refractivity contribution in [1.29, 1.82) is 0 Å². The number of hydrogen-bond donors (Lipinski definition) is 1. The molecule has 0 fully saturated rings. The standard InChI is InChI=1S/C2H3ClO2.C2H4O2.Na/c3-1-2(4)5;1-2(3)4;/h1H2,(H,4,5);1H3,(H,3,4);/q;;+1/p-1. The van der Waals surface area contributed by atoms with E-state index in [4.69, 9.17) is 26.6 Å². The number of rotatable bonds is 1. The van der Waals surface area contributed by atoms with Gasteiger partial charge in [0.15, 0.2) is 0 Å². The van der Waals surface area contributed by atoms with Crippen LogP contribution in [0.25, 0.3) is 0 Å². The molecular weight excluding hydrogens is 170 g/mol. The van der Waals surface area contributed by atoms with Crippen molar-refractivity contribution in [2.75, 3.05) is 5.88 Å². The van der Waals surface area contributed by atoms with Gasteiger partial charge in [-0.1, -0.05) is 0 Å². The fraction of sp³-hybridized carbons (Fsp3) is 0.500. The molecule has 0 aliphatic heterocycles. The topological polar surface area (TPSA) is 77.4 Å². The molecule has 0 spiro atoms. The van der Waals surface area contributed by atoms with Crippen molar-refractivity contribution < 1.29 is 49.4 Å². The zero-order chi connectivity index (χ0) is 7.86. The summed E-state index contributed by atoms with van der Waals surface area (Å²) >= 11 is 4.74. The third-order valence-electron chi connectivity index (χ3n) is 0.114. The van der Waals surface area contributed by atoms with E-state index in [2.05, 4.69) is 0 Å². The van der Waals surface area contributed by atoms with Crippen molar-refractivity contribution in [3.05, 3.63) is 0 Å². The minimum atomic E-state index is -1.08. The molecule has 54 valence electrons. The van der Waals surface area contributed by atoms with Crippen molar-refractivity contribution >= 4 is 23.5 Å². The van der Waals surface area contributed by atoms with Crippen LogP contribution in [0, 0.1) is 0 Å². The molecule has 0 amide bonds. The molecule has 0 aromatic rings. The Balaban J connectivity index is -0.0000000910. The Morgan fingerprint density at radius 3 is 1.70 bits per heavy atom. The van der Waals surface area contributed by atoms with E-state index in [-0.39, 0.29) is 35.4 Å². The van der Waals surface area contributed by atoms with Gasteiger partial charge in [-0.05, 0) is 6.92 Å². The van der Waals surface area contributed by atoms with Crippen LogP contribution in [0.3, 0.4) is 0 Å². The van der Waals surface area contributed by atoms with E-state index < -0.39 is 11.9 Å². The van der Waals surface area contributed by atoms with Gasteiger partial charge in [-0.3, -0.25) is 4.79 Å². The average molecular weight is 177 g/mol. The molecule has 0 unspecified atom stereocenters. The normalized spacial score (nSPS) is 6.20. The minimum Gasteiger partial charge on any atom is -0.550 e. The molecule has 0 aliphatic rings. The van der Waals surface area contributed by atoms with Crippen LogP contribution in [0.4, 0.5) is 0 Å². The molecule has 0 heterocycles. The van der Waals surface area contributed by atoms with Crippen LogP contribution < -0.4 is 34.7 Å². The van der Waals surface area contributed by atoms with Crippen LogP contribution in [0.2, 0.25) is 0 Å². The van der Waals surface area contributed by atoms with Gasteiger partial charge in [-0.2, -0.15) is 0 Å². The molecule has 4 nitrogen and oxygen atoms in total. The van der Waals surface area contributed by atoms with Crippen LogP contribution in [0.5, 0.6) is 0 Å². The smallest absolute Gasteiger partial charge is 0.550 e. The third-order valence-corrected chi connectivity index (χ3v) is 0.343. The van der Waals surface area contributed by atoms with E-state index in [1.54, 1.807) is 0 Å². The average Bonchev–Trinajstić information content (AvgIpc) is 1.65. The zero-order valence-electron chi connectivity index (χ0n) is 5.76. The Morgan fingerprint density at radius 1 is 1.60 bits per heavy atom. The summed E-state index contributed by atoms with van der Waals surface area (Å²) in [6.07, 6.45) is 0. The van der Waals surface area contributed by atoms with Crippen molar-refractivity contribution in [2.24, 2.45) is 0 Å². The van der Waals surface area contributed by atoms with Crippen LogP contribution in [-0.2, 0) is 9.59 Å². The summed E-state index contributed by atoms with van der Waals surface area (Å²) in [5.41, 5.74) is 0. The third kappa shape index (κ3) is 86.5. The van der Waals surface area contributed by atoms with E-state index in [9.17, 15) is 4.79 Å². The molecule has 0 radical (unpaired) electrons. The largest absolute Gasteiger partial charge is 1.00 e. The first kappa shape index (κ1) is 16.7. The van der Waals surface area contributed by atoms with Gasteiger partial charge in [0.05, 0.1) is 0 Å². The minimum absolute atomic E-state index is 0. The fourth-order valence-electron chi connectivity index (χ4n) is 0. The summed E-state index contributed by atoms with van der Waals surface area (Å²) in [5, 5.41) is 16.5. The molecule has 0 aromatic heterocycles. The van der Waals surface area contributed by atoms with Crippen LogP contribution in [-0.4, -0.2) is 22.9 Å². The molecule has 0 rings (SSSR count). The molecular formula is C4H6ClNaO4. The van der Waals surface area contributed by atoms with Gasteiger partial charge in [0.2, 0.25) is 0 Å². The number of carboxylic acid groups (broad SMARTS) is 2. The van der Waals surface area contributed by atoms with E-state index in [0.717, 1.165) is 6.92 Å². The SMILES string of the molecule is CC(=O)[O-].O=C(O)CCl.[Na+]. The number of carboxylic acids is 2. The Hall–Kier alpha value is 0.230. The van der Waals surface area contributed by atoms with Gasteiger partial charge < -0.3 is 15.0 Å². The Morgan fingerprint density at radius 2 is 1.70 bits per heavy atom. The number of alkyl halides is 1. The number of carbonyl (C=O) groups excluding carboxylic acids is 1. The van der Waals surface area contributed by atoms with Gasteiger partial charge in [0, 0.05) is 5.97 Å². The summed E-state index contributed by atoms with van der Waals surface area (Å²) < 4.78 is 0. The molecule has 0 bridgehead atoms. The van der Waals surface area contributed by atoms with Gasteiger partial charge in [0.1, 0.15) is 5.88 Å². The van der Waals surface area contributed by atoms with E-state index in [0.29, 0.717) is 0 Å². The number of carbonyl (C=O) groups is 2. The summed E-state index contributed by atoms with van der Waals surface area (Å²) in [7, 11) is 0. The quantitative estimate of drug-likeness (QED) is 0.327. The van der Waals surface area contributed by atoms with E-state index >= 15 is 0 Å². The fourth-order valence-corrected chi connectivity index (χ4v) is 0. The zero-order valence-corrected chi connectivity index (χ0v) is 8.51. The number of halogens is 1. The summed E-state index contributed by atoms with van der Waals surface area (Å²) in [4.78, 5) is 18.1. The number of aliphatic carboxylic acids is 2. The predicted octanol–water partition coefficient (Wildman–Crippen LogP) is -3.93. The number of hydrogen-bond acceptors (Lipinski definition) is 3. The van der Waals surface area contributed by atoms with Crippen molar-refractivity contribution in [2.45, 2.75) is 6.92 Å². The molecule has 0 aromatic carbocycles. The first-order valence-electron chi connectivity index (χ1n) is 1.96. The second kappa shape index (κ2) is 12.0. The molecule has 1 N–H and O–H groups in total. The predicted molar refractivity (Wildman–Crippen MR) is 29.0 cm³/mol. The van der Waals surface area contributed by atoms with Gasteiger partial charge in [-0.15, -0.1) is 11.6 Å².